The Bertz CT molecular complexity index is 362. The van der Waals surface area contributed by atoms with Gasteiger partial charge in [0.1, 0.15) is 0 Å². The molecule has 0 fully saturated rings. The zero-order chi connectivity index (χ0) is 7.84. The van der Waals surface area contributed by atoms with E-state index in [-0.39, 0.29) is 0 Å². The van der Waals surface area contributed by atoms with Gasteiger partial charge in [-0.2, -0.15) is 0 Å². The zero-order valence-electron chi connectivity index (χ0n) is 6.76. The maximum absolute atomic E-state index is 2.21. The monoisotopic (exact) mass is 161 g/mol. The van der Waals surface area contributed by atoms with Gasteiger partial charge in [-0.3, -0.25) is 0 Å². The standard InChI is InChI=1S/C10H10P/c1-7-9-5-3-4-6-10(9)8(2)11-7/h3-6H,1-2H3. The topological polar surface area (TPSA) is 0 Å². The van der Waals surface area contributed by atoms with Gasteiger partial charge in [0, 0.05) is 0 Å². The second-order valence-corrected chi connectivity index (χ2v) is 4.39. The van der Waals surface area contributed by atoms with Gasteiger partial charge in [-0.15, -0.1) is 0 Å². The third-order valence-electron chi connectivity index (χ3n) is 2.04. The van der Waals surface area contributed by atoms with Crippen LogP contribution in [0, 0.1) is 0 Å². The highest BCUT2D eigenvalue weighted by Crippen LogP contribution is 2.34. The van der Waals surface area contributed by atoms with Crippen LogP contribution in [0.1, 0.15) is 13.8 Å². The Morgan fingerprint density at radius 2 is 1.36 bits per heavy atom. The minimum atomic E-state index is 1.40. The number of fused-ring (bicyclic) bond motifs is 1. The van der Waals surface area contributed by atoms with E-state index in [1.807, 2.05) is 0 Å². The lowest BCUT2D eigenvalue weighted by molar-refractivity contribution is 1.50. The minimum absolute atomic E-state index is 1.40. The fraction of sp³-hybridized carbons (Fsp3) is 0.200. The van der Waals surface area contributed by atoms with E-state index >= 15 is 0 Å². The molecule has 1 aliphatic heterocycles. The zero-order valence-corrected chi connectivity index (χ0v) is 7.65. The Morgan fingerprint density at radius 1 is 0.909 bits per heavy atom. The highest BCUT2D eigenvalue weighted by Gasteiger charge is 2.04. The summed E-state index contributed by atoms with van der Waals surface area (Å²) in [6.07, 6.45) is 0. The van der Waals surface area contributed by atoms with Crippen LogP contribution in [0.4, 0.5) is 0 Å². The third kappa shape index (κ3) is 1.02. The van der Waals surface area contributed by atoms with E-state index in [1.54, 1.807) is 0 Å². The van der Waals surface area contributed by atoms with Crippen molar-refractivity contribution >= 4 is 19.2 Å². The molecule has 1 heteroatoms. The summed E-state index contributed by atoms with van der Waals surface area (Å²) >= 11 is 0. The molecule has 0 amide bonds. The number of benzene rings is 1. The van der Waals surface area contributed by atoms with E-state index < -0.39 is 0 Å². The first kappa shape index (κ1) is 7.06. The summed E-state index contributed by atoms with van der Waals surface area (Å²) in [5, 5.41) is 5.84. The first-order chi connectivity index (χ1) is 5.29. The lowest BCUT2D eigenvalue weighted by Gasteiger charge is -1.87. The normalized spacial score (nSPS) is 15.5. The van der Waals surface area contributed by atoms with Crippen LogP contribution in [-0.2, 0) is 0 Å². The first-order valence-electron chi connectivity index (χ1n) is 3.77. The quantitative estimate of drug-likeness (QED) is 0.510. The van der Waals surface area contributed by atoms with E-state index in [0.717, 1.165) is 0 Å². The van der Waals surface area contributed by atoms with Crippen LogP contribution < -0.4 is 10.4 Å². The van der Waals surface area contributed by atoms with Crippen molar-refractivity contribution in [1.82, 2.24) is 0 Å². The molecule has 1 heterocycles. The molecule has 0 nitrogen and oxygen atoms in total. The van der Waals surface area contributed by atoms with Gasteiger partial charge in [-0.1, -0.05) is 24.3 Å². The average molecular weight is 161 g/mol. The summed E-state index contributed by atoms with van der Waals surface area (Å²) in [6, 6.07) is 8.62. The van der Waals surface area contributed by atoms with E-state index in [2.05, 4.69) is 38.1 Å². The molecule has 1 aromatic carbocycles. The Morgan fingerprint density at radius 3 is 1.82 bits per heavy atom. The average Bonchev–Trinajstić information content (AvgIpc) is 2.30. The summed E-state index contributed by atoms with van der Waals surface area (Å²) in [5.74, 6) is 0. The molecule has 0 bridgehead atoms. The summed E-state index contributed by atoms with van der Waals surface area (Å²) in [5.41, 5.74) is 0. The molecule has 11 heavy (non-hydrogen) atoms. The molecule has 0 N–H and O–H groups in total. The van der Waals surface area contributed by atoms with Crippen molar-refractivity contribution in [2.75, 3.05) is 0 Å². The molecule has 0 unspecified atom stereocenters. The van der Waals surface area contributed by atoms with Crippen molar-refractivity contribution < 1.29 is 0 Å². The highest BCUT2D eigenvalue weighted by atomic mass is 31.1. The van der Waals surface area contributed by atoms with Crippen molar-refractivity contribution in [1.29, 1.82) is 0 Å². The van der Waals surface area contributed by atoms with E-state index in [4.69, 9.17) is 0 Å². The van der Waals surface area contributed by atoms with Crippen LogP contribution in [0.2, 0.25) is 0 Å². The Balaban J connectivity index is 2.98. The van der Waals surface area contributed by atoms with Crippen LogP contribution >= 0.6 is 8.58 Å². The minimum Gasteiger partial charge on any atom is -0.0616 e. The molecule has 0 aromatic heterocycles. The molecule has 0 saturated heterocycles. The summed E-state index contributed by atoms with van der Waals surface area (Å²) < 4.78 is 0. The van der Waals surface area contributed by atoms with Crippen molar-refractivity contribution in [3.63, 3.8) is 0 Å². The second kappa shape index (κ2) is 2.46. The Labute approximate surface area is 68.4 Å². The molecule has 0 aliphatic carbocycles. The third-order valence-corrected chi connectivity index (χ3v) is 3.19. The van der Waals surface area contributed by atoms with Crippen LogP contribution in [0.15, 0.2) is 24.3 Å². The van der Waals surface area contributed by atoms with Crippen molar-refractivity contribution in [3.05, 3.63) is 34.7 Å². The Kier molecular flexibility index (Phi) is 1.58. The maximum atomic E-state index is 2.21. The molecule has 0 atom stereocenters. The second-order valence-electron chi connectivity index (χ2n) is 2.83. The van der Waals surface area contributed by atoms with E-state index in [9.17, 15) is 0 Å². The maximum Gasteiger partial charge on any atom is -0.0140 e. The van der Waals surface area contributed by atoms with Gasteiger partial charge >= 0.3 is 0 Å². The first-order valence-corrected chi connectivity index (χ1v) is 4.67. The summed E-state index contributed by atoms with van der Waals surface area (Å²) in [4.78, 5) is 0. The van der Waals surface area contributed by atoms with E-state index in [0.29, 0.717) is 0 Å². The fourth-order valence-corrected chi connectivity index (χ4v) is 2.62. The number of hydrogen-bond acceptors (Lipinski definition) is 0. The summed E-state index contributed by atoms with van der Waals surface area (Å²) in [6.45, 7) is 4.41. The number of hydrogen-bond donors (Lipinski definition) is 0. The number of rotatable bonds is 0. The Hall–Kier alpha value is -0.610. The molecule has 0 saturated carbocycles. The van der Waals surface area contributed by atoms with Gasteiger partial charge in [0.25, 0.3) is 0 Å². The van der Waals surface area contributed by atoms with Gasteiger partial charge in [-0.25, -0.2) is 0 Å². The van der Waals surface area contributed by atoms with Crippen LogP contribution in [0.25, 0.3) is 10.6 Å². The predicted octanol–water partition coefficient (Wildman–Crippen LogP) is 1.90. The van der Waals surface area contributed by atoms with E-state index in [1.165, 1.54) is 29.6 Å². The molecular weight excluding hydrogens is 151 g/mol. The largest absolute Gasteiger partial charge is 0.0616 e. The van der Waals surface area contributed by atoms with Gasteiger partial charge in [0.2, 0.25) is 0 Å². The highest BCUT2D eigenvalue weighted by molar-refractivity contribution is 7.60. The molecule has 1 aromatic rings. The van der Waals surface area contributed by atoms with Gasteiger partial charge in [0.15, 0.2) is 0 Å². The lowest BCUT2D eigenvalue weighted by Crippen LogP contribution is -2.22. The van der Waals surface area contributed by atoms with Crippen molar-refractivity contribution in [3.8, 4) is 0 Å². The molecule has 1 aliphatic rings. The van der Waals surface area contributed by atoms with Gasteiger partial charge < -0.3 is 0 Å². The fourth-order valence-electron chi connectivity index (χ4n) is 1.49. The smallest absolute Gasteiger partial charge is 0.0140 e. The predicted molar refractivity (Wildman–Crippen MR) is 50.8 cm³/mol. The SMILES string of the molecule is CC1=c2ccccc2=C(C)[P]1. The lowest BCUT2D eigenvalue weighted by atomic mass is 10.2. The van der Waals surface area contributed by atoms with Gasteiger partial charge in [0.05, 0.1) is 0 Å². The van der Waals surface area contributed by atoms with Crippen LogP contribution in [-0.4, -0.2) is 0 Å². The summed E-state index contributed by atoms with van der Waals surface area (Å²) in [7, 11) is 1.40. The molecule has 2 rings (SSSR count). The molecular formula is C10H10P. The van der Waals surface area contributed by atoms with Crippen molar-refractivity contribution in [2.45, 2.75) is 13.8 Å². The molecule has 0 spiro atoms. The van der Waals surface area contributed by atoms with Gasteiger partial charge in [-0.05, 0) is 43.5 Å². The molecule has 55 valence electrons. The molecule has 1 radical (unpaired) electrons. The van der Waals surface area contributed by atoms with Crippen LogP contribution in [0.3, 0.4) is 0 Å². The van der Waals surface area contributed by atoms with Crippen molar-refractivity contribution in [2.24, 2.45) is 0 Å². The van der Waals surface area contributed by atoms with Crippen LogP contribution in [0.5, 0.6) is 0 Å².